The van der Waals surface area contributed by atoms with Crippen LogP contribution in [-0.4, -0.2) is 19.9 Å². The summed E-state index contributed by atoms with van der Waals surface area (Å²) in [5.41, 5.74) is 20.6. The molecule has 0 amide bonds. The zero-order valence-corrected chi connectivity index (χ0v) is 32.7. The second-order valence-corrected chi connectivity index (χ2v) is 19.2. The zero-order chi connectivity index (χ0) is 36.6. The van der Waals surface area contributed by atoms with E-state index in [1.165, 1.54) is 78.2 Å². The van der Waals surface area contributed by atoms with Crippen molar-refractivity contribution in [3.8, 4) is 11.5 Å². The molecular weight excluding hydrogens is 647 g/mol. The Morgan fingerprint density at radius 3 is 2.02 bits per heavy atom. The van der Waals surface area contributed by atoms with Gasteiger partial charge < -0.3 is 19.3 Å². The fourth-order valence-corrected chi connectivity index (χ4v) is 10.2. The molecule has 53 heavy (non-hydrogen) atoms. The van der Waals surface area contributed by atoms with Gasteiger partial charge in [0.2, 0.25) is 0 Å². The maximum atomic E-state index is 6.57. The van der Waals surface area contributed by atoms with Crippen LogP contribution in [0.1, 0.15) is 88.3 Å². The number of rotatable bonds is 2. The molecule has 5 aromatic carbocycles. The highest BCUT2D eigenvalue weighted by atomic mass is 16.5. The first-order valence-electron chi connectivity index (χ1n) is 19.8. The topological polar surface area (TPSA) is 24.9 Å². The first kappa shape index (κ1) is 33.0. The smallest absolute Gasteiger partial charge is 0.252 e. The van der Waals surface area contributed by atoms with Crippen molar-refractivity contribution in [2.45, 2.75) is 92.9 Å². The van der Waals surface area contributed by atoms with E-state index in [4.69, 9.17) is 9.47 Å². The normalized spacial score (nSPS) is 18.5. The van der Waals surface area contributed by atoms with Crippen LogP contribution < -0.4 is 35.7 Å². The van der Waals surface area contributed by atoms with Gasteiger partial charge in [-0.3, -0.25) is 0 Å². The van der Waals surface area contributed by atoms with Crippen LogP contribution in [0.4, 0.5) is 34.1 Å². The summed E-state index contributed by atoms with van der Waals surface area (Å²) in [5.74, 6) is 1.65. The van der Waals surface area contributed by atoms with Crippen molar-refractivity contribution in [2.75, 3.05) is 23.0 Å². The third kappa shape index (κ3) is 5.17. The van der Waals surface area contributed by atoms with Gasteiger partial charge in [0.05, 0.1) is 18.9 Å². The summed E-state index contributed by atoms with van der Waals surface area (Å²) in [6, 6.07) is 31.0. The van der Waals surface area contributed by atoms with Crippen molar-refractivity contribution in [2.24, 2.45) is 10.8 Å². The van der Waals surface area contributed by atoms with Crippen LogP contribution in [-0.2, 0) is 31.1 Å². The van der Waals surface area contributed by atoms with Gasteiger partial charge >= 0.3 is 0 Å². The van der Waals surface area contributed by atoms with E-state index in [1.807, 2.05) is 0 Å². The number of hydrogen-bond acceptors (Lipinski definition) is 4. The summed E-state index contributed by atoms with van der Waals surface area (Å²) in [4.78, 5) is 5.11. The van der Waals surface area contributed by atoms with Gasteiger partial charge in [0.25, 0.3) is 6.71 Å². The Balaban J connectivity index is 1.29. The van der Waals surface area contributed by atoms with Gasteiger partial charge in [-0.05, 0) is 147 Å². The molecule has 3 aliphatic heterocycles. The van der Waals surface area contributed by atoms with Crippen LogP contribution in [0.3, 0.4) is 0 Å². The number of nitrogens with zero attached hydrogens (tertiary/aromatic N) is 2. The van der Waals surface area contributed by atoms with Crippen molar-refractivity contribution in [3.63, 3.8) is 0 Å². The lowest BCUT2D eigenvalue weighted by Crippen LogP contribution is -2.61. The fourth-order valence-electron chi connectivity index (χ4n) is 10.2. The number of aryl methyl sites for hydroxylation is 1. The SMILES string of the molecule is Cc1cc2c3c(c1)N(c1cccc4c1OCCCO4)c1ccc(C(C)(C)C)cc1B3c1cc3c(cc1N2c1ccc2c(c1)CC(C)(C)C2)CC(C)(C)C3. The van der Waals surface area contributed by atoms with Gasteiger partial charge in [-0.15, -0.1) is 0 Å². The third-order valence-electron chi connectivity index (χ3n) is 12.5. The molecule has 5 aliphatic rings. The van der Waals surface area contributed by atoms with E-state index in [0.29, 0.717) is 13.2 Å². The molecule has 0 fully saturated rings. The first-order valence-corrected chi connectivity index (χ1v) is 19.8. The molecule has 5 heteroatoms. The summed E-state index contributed by atoms with van der Waals surface area (Å²) < 4.78 is 12.9. The minimum atomic E-state index is 0.000702. The largest absolute Gasteiger partial charge is 0.489 e. The second-order valence-electron chi connectivity index (χ2n) is 19.2. The van der Waals surface area contributed by atoms with Crippen molar-refractivity contribution < 1.29 is 9.47 Å². The van der Waals surface area contributed by atoms with Gasteiger partial charge in [-0.25, -0.2) is 0 Å². The van der Waals surface area contributed by atoms with Gasteiger partial charge in [-0.2, -0.15) is 0 Å². The highest BCUT2D eigenvalue weighted by molar-refractivity contribution is 7.00. The lowest BCUT2D eigenvalue weighted by atomic mass is 9.33. The number of hydrogen-bond donors (Lipinski definition) is 0. The summed E-state index contributed by atoms with van der Waals surface area (Å²) in [7, 11) is 0. The lowest BCUT2D eigenvalue weighted by molar-refractivity contribution is 0.297. The molecule has 0 atom stereocenters. The van der Waals surface area contributed by atoms with Gasteiger partial charge in [0.15, 0.2) is 11.5 Å². The maximum absolute atomic E-state index is 6.57. The van der Waals surface area contributed by atoms with E-state index < -0.39 is 0 Å². The highest BCUT2D eigenvalue weighted by Gasteiger charge is 2.46. The first-order chi connectivity index (χ1) is 25.2. The molecule has 0 spiro atoms. The molecule has 0 saturated carbocycles. The van der Waals surface area contributed by atoms with Crippen LogP contribution in [0.15, 0.2) is 78.9 Å². The van der Waals surface area contributed by atoms with Crippen LogP contribution in [0.5, 0.6) is 11.5 Å². The predicted octanol–water partition coefficient (Wildman–Crippen LogP) is 9.79. The van der Waals surface area contributed by atoms with Gasteiger partial charge in [-0.1, -0.05) is 78.8 Å². The number of anilines is 6. The van der Waals surface area contributed by atoms with E-state index >= 15 is 0 Å². The van der Waals surface area contributed by atoms with Crippen LogP contribution in [0.25, 0.3) is 0 Å². The van der Waals surface area contributed by atoms with E-state index in [2.05, 4.69) is 144 Å². The molecule has 4 nitrogen and oxygen atoms in total. The number of benzene rings is 5. The summed E-state index contributed by atoms with van der Waals surface area (Å²) in [6.07, 6.45) is 5.34. The predicted molar refractivity (Wildman–Crippen MR) is 222 cm³/mol. The molecule has 0 radical (unpaired) electrons. The molecule has 0 aromatic heterocycles. The van der Waals surface area contributed by atoms with Crippen LogP contribution >= 0.6 is 0 Å². The minimum absolute atomic E-state index is 0.000702. The summed E-state index contributed by atoms with van der Waals surface area (Å²) in [5, 5.41) is 0. The second kappa shape index (κ2) is 11.2. The fraction of sp³-hybridized carbons (Fsp3) is 0.375. The highest BCUT2D eigenvalue weighted by Crippen LogP contribution is 2.51. The molecule has 0 unspecified atom stereocenters. The molecule has 268 valence electrons. The molecule has 0 saturated heterocycles. The van der Waals surface area contributed by atoms with Gasteiger partial charge in [0, 0.05) is 34.9 Å². The summed E-state index contributed by atoms with van der Waals surface area (Å²) in [6.45, 7) is 20.3. The average molecular weight is 699 g/mol. The van der Waals surface area contributed by atoms with Crippen molar-refractivity contribution in [1.82, 2.24) is 0 Å². The zero-order valence-electron chi connectivity index (χ0n) is 32.7. The Morgan fingerprint density at radius 2 is 1.26 bits per heavy atom. The maximum Gasteiger partial charge on any atom is 0.252 e. The van der Waals surface area contributed by atoms with Crippen LogP contribution in [0, 0.1) is 17.8 Å². The standard InChI is InChI=1S/C48H51BN2O2/c1-29-19-41-44-42(20-29)51(39-11-9-12-43-45(39)53-18-10-17-52-43)38-16-14-34(46(2,3)4)24-37(38)49(44)36-22-32-27-48(7,8)28-33(32)23-40(36)50(41)35-15-13-30-25-47(5,6)26-31(30)21-35/h9,11-16,19-24H,10,17-18,25-28H2,1-8H3. The van der Waals surface area contributed by atoms with Crippen LogP contribution in [0.2, 0.25) is 0 Å². The van der Waals surface area contributed by atoms with E-state index in [-0.39, 0.29) is 23.0 Å². The molecule has 3 heterocycles. The van der Waals surface area contributed by atoms with Crippen molar-refractivity contribution in [3.05, 3.63) is 112 Å². The molecule has 5 aromatic rings. The Labute approximate surface area is 316 Å². The Bertz CT molecular complexity index is 2370. The molecule has 0 bridgehead atoms. The molecule has 2 aliphatic carbocycles. The number of para-hydroxylation sites is 1. The molecular formula is C48H51BN2O2. The Morgan fingerprint density at radius 1 is 0.604 bits per heavy atom. The minimum Gasteiger partial charge on any atom is -0.489 e. The van der Waals surface area contributed by atoms with E-state index in [9.17, 15) is 0 Å². The lowest BCUT2D eigenvalue weighted by Gasteiger charge is -2.45. The Kier molecular flexibility index (Phi) is 6.97. The quantitative estimate of drug-likeness (QED) is 0.168. The monoisotopic (exact) mass is 698 g/mol. The summed E-state index contributed by atoms with van der Waals surface area (Å²) >= 11 is 0. The van der Waals surface area contributed by atoms with E-state index in [1.54, 1.807) is 0 Å². The van der Waals surface area contributed by atoms with Crippen molar-refractivity contribution in [1.29, 1.82) is 0 Å². The van der Waals surface area contributed by atoms with E-state index in [0.717, 1.165) is 49.3 Å². The average Bonchev–Trinajstić information content (AvgIpc) is 3.44. The third-order valence-corrected chi connectivity index (χ3v) is 12.5. The van der Waals surface area contributed by atoms with Crippen molar-refractivity contribution >= 4 is 57.2 Å². The number of fused-ring (bicyclic) bond motifs is 7. The Hall–Kier alpha value is -4.64. The molecule has 0 N–H and O–H groups in total. The number of ether oxygens (including phenoxy) is 2. The molecule has 10 rings (SSSR count). The van der Waals surface area contributed by atoms with Gasteiger partial charge in [0.1, 0.15) is 0 Å².